The number of aromatic carboxylic acids is 1. The van der Waals surface area contributed by atoms with E-state index in [1.165, 1.54) is 0 Å². The van der Waals surface area contributed by atoms with Gasteiger partial charge in [0.2, 0.25) is 0 Å². The quantitative estimate of drug-likeness (QED) is 0.780. The molecule has 5 heteroatoms. The molecule has 100 valence electrons. The fourth-order valence-electron chi connectivity index (χ4n) is 1.84. The van der Waals surface area contributed by atoms with E-state index in [1.54, 1.807) is 13.2 Å². The van der Waals surface area contributed by atoms with Crippen LogP contribution in [0.25, 0.3) is 10.9 Å². The van der Waals surface area contributed by atoms with Crippen molar-refractivity contribution >= 4 is 22.7 Å². The second-order valence-electron chi connectivity index (χ2n) is 4.16. The van der Waals surface area contributed by atoms with E-state index in [2.05, 4.69) is 10.3 Å². The zero-order valence-electron chi connectivity index (χ0n) is 10.7. The van der Waals surface area contributed by atoms with Gasteiger partial charge in [-0.2, -0.15) is 0 Å². The number of rotatable bonds is 6. The molecular formula is C14H16N2O3. The van der Waals surface area contributed by atoms with Gasteiger partial charge in [0.25, 0.3) is 0 Å². The van der Waals surface area contributed by atoms with Crippen molar-refractivity contribution in [2.45, 2.75) is 6.42 Å². The lowest BCUT2D eigenvalue weighted by Crippen LogP contribution is -2.11. The van der Waals surface area contributed by atoms with Crippen molar-refractivity contribution < 1.29 is 14.6 Å². The van der Waals surface area contributed by atoms with Crippen LogP contribution < -0.4 is 5.32 Å². The Labute approximate surface area is 111 Å². The molecule has 1 aromatic heterocycles. The molecule has 0 spiro atoms. The number of hydrogen-bond donors (Lipinski definition) is 2. The average Bonchev–Trinajstić information content (AvgIpc) is 2.42. The van der Waals surface area contributed by atoms with Crippen molar-refractivity contribution in [3.05, 3.63) is 35.9 Å². The molecule has 2 aromatic rings. The number of methoxy groups -OCH3 is 1. The molecule has 1 heterocycles. The summed E-state index contributed by atoms with van der Waals surface area (Å²) in [6.07, 6.45) is 0.796. The van der Waals surface area contributed by atoms with Crippen molar-refractivity contribution in [3.63, 3.8) is 0 Å². The van der Waals surface area contributed by atoms with Crippen LogP contribution in [0, 0.1) is 0 Å². The van der Waals surface area contributed by atoms with Crippen LogP contribution in [-0.4, -0.2) is 36.3 Å². The van der Waals surface area contributed by atoms with E-state index in [1.807, 2.05) is 24.3 Å². The lowest BCUT2D eigenvalue weighted by Gasteiger charge is -2.10. The summed E-state index contributed by atoms with van der Waals surface area (Å²) < 4.78 is 4.95. The minimum Gasteiger partial charge on any atom is -0.478 e. The molecule has 0 aliphatic rings. The first-order valence-electron chi connectivity index (χ1n) is 6.08. The topological polar surface area (TPSA) is 71.5 Å². The zero-order valence-corrected chi connectivity index (χ0v) is 10.7. The first-order valence-corrected chi connectivity index (χ1v) is 6.08. The van der Waals surface area contributed by atoms with E-state index in [9.17, 15) is 9.90 Å². The third-order valence-corrected chi connectivity index (χ3v) is 2.77. The normalized spacial score (nSPS) is 10.6. The largest absolute Gasteiger partial charge is 0.478 e. The van der Waals surface area contributed by atoms with Gasteiger partial charge >= 0.3 is 5.97 Å². The Balaban J connectivity index is 2.28. The summed E-state index contributed by atoms with van der Waals surface area (Å²) in [6.45, 7) is 1.25. The lowest BCUT2D eigenvalue weighted by atomic mass is 10.1. The number of para-hydroxylation sites is 1. The van der Waals surface area contributed by atoms with E-state index < -0.39 is 5.97 Å². The molecular weight excluding hydrogens is 244 g/mol. The number of nitrogens with zero attached hydrogens (tertiary/aromatic N) is 1. The van der Waals surface area contributed by atoms with Crippen LogP contribution in [0.1, 0.15) is 16.8 Å². The van der Waals surface area contributed by atoms with E-state index in [0.29, 0.717) is 19.0 Å². The molecule has 0 saturated heterocycles. The molecule has 5 nitrogen and oxygen atoms in total. The maximum absolute atomic E-state index is 11.2. The van der Waals surface area contributed by atoms with E-state index >= 15 is 0 Å². The Morgan fingerprint density at radius 2 is 2.21 bits per heavy atom. The van der Waals surface area contributed by atoms with Crippen molar-refractivity contribution in [2.24, 2.45) is 0 Å². The highest BCUT2D eigenvalue weighted by Gasteiger charge is 2.12. The number of carboxylic acid groups (broad SMARTS) is 1. The summed E-state index contributed by atoms with van der Waals surface area (Å²) in [5.41, 5.74) is 0.970. The Bertz CT molecular complexity index is 584. The van der Waals surface area contributed by atoms with Gasteiger partial charge in [-0.05, 0) is 18.6 Å². The van der Waals surface area contributed by atoms with Gasteiger partial charge in [0.1, 0.15) is 11.4 Å². The minimum atomic E-state index is -0.979. The van der Waals surface area contributed by atoms with Crippen LogP contribution in [0.5, 0.6) is 0 Å². The Kier molecular flexibility index (Phi) is 4.30. The zero-order chi connectivity index (χ0) is 13.7. The number of ether oxygens (including phenoxy) is 1. The maximum Gasteiger partial charge on any atom is 0.339 e. The molecule has 19 heavy (non-hydrogen) atoms. The van der Waals surface area contributed by atoms with Crippen molar-refractivity contribution in [1.82, 2.24) is 4.98 Å². The average molecular weight is 260 g/mol. The van der Waals surface area contributed by atoms with Crippen molar-refractivity contribution in [1.29, 1.82) is 0 Å². The van der Waals surface area contributed by atoms with E-state index in [4.69, 9.17) is 4.74 Å². The fourth-order valence-corrected chi connectivity index (χ4v) is 1.84. The van der Waals surface area contributed by atoms with Gasteiger partial charge in [0, 0.05) is 25.6 Å². The molecule has 0 unspecified atom stereocenters. The third-order valence-electron chi connectivity index (χ3n) is 2.77. The summed E-state index contributed by atoms with van der Waals surface area (Å²) in [7, 11) is 1.64. The molecule has 2 N–H and O–H groups in total. The van der Waals surface area contributed by atoms with Crippen LogP contribution in [0.3, 0.4) is 0 Å². The SMILES string of the molecule is COCCCNc1nc2ccccc2cc1C(=O)O. The van der Waals surface area contributed by atoms with Crippen LogP contribution in [-0.2, 0) is 4.74 Å². The first kappa shape index (κ1) is 13.3. The maximum atomic E-state index is 11.2. The van der Waals surface area contributed by atoms with E-state index in [0.717, 1.165) is 17.3 Å². The number of carbonyl (C=O) groups is 1. The monoisotopic (exact) mass is 260 g/mol. The lowest BCUT2D eigenvalue weighted by molar-refractivity contribution is 0.0698. The summed E-state index contributed by atoms with van der Waals surface area (Å²) in [5, 5.41) is 13.1. The van der Waals surface area contributed by atoms with Gasteiger partial charge in [-0.25, -0.2) is 9.78 Å². The molecule has 1 aromatic carbocycles. The summed E-state index contributed by atoms with van der Waals surface area (Å²) >= 11 is 0. The predicted molar refractivity (Wildman–Crippen MR) is 73.7 cm³/mol. The van der Waals surface area contributed by atoms with Gasteiger partial charge in [0.05, 0.1) is 5.52 Å². The standard InChI is InChI=1S/C14H16N2O3/c1-19-8-4-7-15-13-11(14(17)18)9-10-5-2-3-6-12(10)16-13/h2-3,5-6,9H,4,7-8H2,1H3,(H,15,16)(H,17,18). The van der Waals surface area contributed by atoms with Crippen LogP contribution in [0.4, 0.5) is 5.82 Å². The van der Waals surface area contributed by atoms with Gasteiger partial charge < -0.3 is 15.2 Å². The number of benzene rings is 1. The number of carboxylic acids is 1. The molecule has 0 amide bonds. The number of aromatic nitrogens is 1. The van der Waals surface area contributed by atoms with Gasteiger partial charge in [0.15, 0.2) is 0 Å². The molecule has 0 fully saturated rings. The second kappa shape index (κ2) is 6.15. The molecule has 0 bridgehead atoms. The first-order chi connectivity index (χ1) is 9.22. The van der Waals surface area contributed by atoms with Gasteiger partial charge in [-0.1, -0.05) is 18.2 Å². The predicted octanol–water partition coefficient (Wildman–Crippen LogP) is 2.38. The Morgan fingerprint density at radius 3 is 2.95 bits per heavy atom. The fraction of sp³-hybridized carbons (Fsp3) is 0.286. The number of pyridine rings is 1. The smallest absolute Gasteiger partial charge is 0.339 e. The van der Waals surface area contributed by atoms with Crippen molar-refractivity contribution in [3.8, 4) is 0 Å². The third kappa shape index (κ3) is 3.20. The molecule has 0 radical (unpaired) electrons. The molecule has 0 saturated carbocycles. The van der Waals surface area contributed by atoms with Crippen LogP contribution >= 0.6 is 0 Å². The summed E-state index contributed by atoms with van der Waals surface area (Å²) in [6, 6.07) is 9.10. The van der Waals surface area contributed by atoms with Gasteiger partial charge in [-0.15, -0.1) is 0 Å². The molecule has 2 rings (SSSR count). The summed E-state index contributed by atoms with van der Waals surface area (Å²) in [5.74, 6) is -0.574. The molecule has 0 aliphatic carbocycles. The van der Waals surface area contributed by atoms with Crippen LogP contribution in [0.2, 0.25) is 0 Å². The number of hydrogen-bond acceptors (Lipinski definition) is 4. The number of nitrogens with one attached hydrogen (secondary N) is 1. The van der Waals surface area contributed by atoms with Crippen molar-refractivity contribution in [2.75, 3.05) is 25.6 Å². The second-order valence-corrected chi connectivity index (χ2v) is 4.16. The molecule has 0 atom stereocenters. The highest BCUT2D eigenvalue weighted by molar-refractivity contribution is 5.98. The Morgan fingerprint density at radius 1 is 1.42 bits per heavy atom. The minimum absolute atomic E-state index is 0.191. The molecule has 0 aliphatic heterocycles. The Hall–Kier alpha value is -2.14. The highest BCUT2D eigenvalue weighted by Crippen LogP contribution is 2.20. The van der Waals surface area contributed by atoms with Gasteiger partial charge in [-0.3, -0.25) is 0 Å². The highest BCUT2D eigenvalue weighted by atomic mass is 16.5. The number of anilines is 1. The van der Waals surface area contributed by atoms with E-state index in [-0.39, 0.29) is 5.56 Å². The van der Waals surface area contributed by atoms with Crippen LogP contribution in [0.15, 0.2) is 30.3 Å². The number of fused-ring (bicyclic) bond motifs is 1. The summed E-state index contributed by atoms with van der Waals surface area (Å²) in [4.78, 5) is 15.6.